The Morgan fingerprint density at radius 2 is 2.19 bits per heavy atom. The molecule has 1 aromatic carbocycles. The van der Waals surface area contributed by atoms with Crippen LogP contribution in [0.3, 0.4) is 0 Å². The molecule has 5 nitrogen and oxygen atoms in total. The van der Waals surface area contributed by atoms with Gasteiger partial charge in [0.15, 0.2) is 0 Å². The van der Waals surface area contributed by atoms with E-state index in [2.05, 4.69) is 5.32 Å². The van der Waals surface area contributed by atoms with E-state index in [1.165, 1.54) is 12.8 Å². The fraction of sp³-hybridized carbons (Fsp3) is 0.562. The second kappa shape index (κ2) is 7.88. The van der Waals surface area contributed by atoms with Crippen molar-refractivity contribution < 1.29 is 9.53 Å². The van der Waals surface area contributed by atoms with E-state index in [1.807, 2.05) is 24.3 Å². The van der Waals surface area contributed by atoms with Crippen molar-refractivity contribution in [3.63, 3.8) is 0 Å². The predicted octanol–water partition coefficient (Wildman–Crippen LogP) is 2.50. The molecule has 1 fully saturated rings. The zero-order valence-corrected chi connectivity index (χ0v) is 12.7. The van der Waals surface area contributed by atoms with E-state index in [0.29, 0.717) is 19.1 Å². The summed E-state index contributed by atoms with van der Waals surface area (Å²) in [4.78, 5) is 14.3. The van der Waals surface area contributed by atoms with Gasteiger partial charge in [-0.25, -0.2) is 4.79 Å². The van der Waals surface area contributed by atoms with Gasteiger partial charge in [-0.3, -0.25) is 4.90 Å². The van der Waals surface area contributed by atoms with E-state index in [9.17, 15) is 4.79 Å². The SMILES string of the molecule is COc1cccc(N(CCCN)C(=O)NC2CCCC2)c1. The fourth-order valence-corrected chi connectivity index (χ4v) is 2.70. The van der Waals surface area contributed by atoms with Crippen molar-refractivity contribution in [1.29, 1.82) is 0 Å². The number of urea groups is 1. The fourth-order valence-electron chi connectivity index (χ4n) is 2.70. The van der Waals surface area contributed by atoms with Crippen molar-refractivity contribution in [3.8, 4) is 5.75 Å². The number of amides is 2. The first-order valence-electron chi connectivity index (χ1n) is 7.66. The lowest BCUT2D eigenvalue weighted by Gasteiger charge is -2.25. The Hall–Kier alpha value is -1.75. The van der Waals surface area contributed by atoms with Crippen molar-refractivity contribution in [3.05, 3.63) is 24.3 Å². The maximum atomic E-state index is 12.5. The summed E-state index contributed by atoms with van der Waals surface area (Å²) in [6, 6.07) is 7.84. The molecule has 0 aromatic heterocycles. The molecular formula is C16H25N3O2. The van der Waals surface area contributed by atoms with E-state index in [4.69, 9.17) is 10.5 Å². The smallest absolute Gasteiger partial charge is 0.322 e. The number of carbonyl (C=O) groups is 1. The number of nitrogens with zero attached hydrogens (tertiary/aromatic N) is 1. The number of rotatable bonds is 6. The lowest BCUT2D eigenvalue weighted by molar-refractivity contribution is 0.242. The van der Waals surface area contributed by atoms with Gasteiger partial charge in [-0.1, -0.05) is 18.9 Å². The van der Waals surface area contributed by atoms with Crippen molar-refractivity contribution >= 4 is 11.7 Å². The quantitative estimate of drug-likeness (QED) is 0.846. The average molecular weight is 291 g/mol. The Morgan fingerprint density at radius 3 is 2.86 bits per heavy atom. The van der Waals surface area contributed by atoms with Crippen LogP contribution in [0.4, 0.5) is 10.5 Å². The highest BCUT2D eigenvalue weighted by molar-refractivity contribution is 5.92. The van der Waals surface area contributed by atoms with E-state index in [0.717, 1.165) is 30.7 Å². The Labute approximate surface area is 126 Å². The minimum absolute atomic E-state index is 0.0383. The van der Waals surface area contributed by atoms with Crippen LogP contribution in [0.15, 0.2) is 24.3 Å². The number of methoxy groups -OCH3 is 1. The average Bonchev–Trinajstić information content (AvgIpc) is 3.01. The van der Waals surface area contributed by atoms with Gasteiger partial charge in [0.2, 0.25) is 0 Å². The van der Waals surface area contributed by atoms with Gasteiger partial charge in [-0.15, -0.1) is 0 Å². The molecule has 0 saturated heterocycles. The first-order valence-corrected chi connectivity index (χ1v) is 7.66. The summed E-state index contributed by atoms with van der Waals surface area (Å²) in [5.41, 5.74) is 6.44. The van der Waals surface area contributed by atoms with E-state index >= 15 is 0 Å². The largest absolute Gasteiger partial charge is 0.497 e. The Kier molecular flexibility index (Phi) is 5.87. The van der Waals surface area contributed by atoms with Gasteiger partial charge in [-0.2, -0.15) is 0 Å². The van der Waals surface area contributed by atoms with Gasteiger partial charge in [0.1, 0.15) is 5.75 Å². The van der Waals surface area contributed by atoms with Crippen molar-refractivity contribution in [2.24, 2.45) is 5.73 Å². The van der Waals surface area contributed by atoms with Gasteiger partial charge in [-0.05, 0) is 37.9 Å². The maximum Gasteiger partial charge on any atom is 0.322 e. The summed E-state index contributed by atoms with van der Waals surface area (Å²) in [5, 5.41) is 3.13. The number of ether oxygens (including phenoxy) is 1. The van der Waals surface area contributed by atoms with Gasteiger partial charge in [0, 0.05) is 24.3 Å². The van der Waals surface area contributed by atoms with Crippen LogP contribution in [0.2, 0.25) is 0 Å². The van der Waals surface area contributed by atoms with Crippen LogP contribution in [0.1, 0.15) is 32.1 Å². The summed E-state index contributed by atoms with van der Waals surface area (Å²) >= 11 is 0. The Bertz CT molecular complexity index is 459. The van der Waals surface area contributed by atoms with Crippen LogP contribution in [0.25, 0.3) is 0 Å². The van der Waals surface area contributed by atoms with Crippen molar-refractivity contribution in [1.82, 2.24) is 5.32 Å². The molecule has 2 rings (SSSR count). The van der Waals surface area contributed by atoms with Gasteiger partial charge in [0.05, 0.1) is 7.11 Å². The first kappa shape index (κ1) is 15.6. The molecule has 1 aliphatic carbocycles. The summed E-state index contributed by atoms with van der Waals surface area (Å²) in [5.74, 6) is 0.749. The lowest BCUT2D eigenvalue weighted by Crippen LogP contribution is -2.45. The van der Waals surface area contributed by atoms with Crippen LogP contribution >= 0.6 is 0 Å². The molecule has 1 aliphatic rings. The standard InChI is InChI=1S/C16H25N3O2/c1-21-15-9-4-8-14(12-15)19(11-5-10-17)16(20)18-13-6-2-3-7-13/h4,8-9,12-13H,2-3,5-7,10-11,17H2,1H3,(H,18,20). The highest BCUT2D eigenvalue weighted by atomic mass is 16.5. The minimum atomic E-state index is -0.0383. The Balaban J connectivity index is 2.09. The van der Waals surface area contributed by atoms with Crippen LogP contribution in [-0.4, -0.2) is 32.3 Å². The van der Waals surface area contributed by atoms with Crippen LogP contribution in [-0.2, 0) is 0 Å². The summed E-state index contributed by atoms with van der Waals surface area (Å²) in [7, 11) is 1.63. The van der Waals surface area contributed by atoms with E-state index in [1.54, 1.807) is 12.0 Å². The third-order valence-corrected chi connectivity index (χ3v) is 3.88. The topological polar surface area (TPSA) is 67.6 Å². The van der Waals surface area contributed by atoms with Crippen LogP contribution in [0, 0.1) is 0 Å². The molecule has 3 N–H and O–H groups in total. The molecular weight excluding hydrogens is 266 g/mol. The van der Waals surface area contributed by atoms with Crippen molar-refractivity contribution in [2.45, 2.75) is 38.1 Å². The van der Waals surface area contributed by atoms with Gasteiger partial charge in [0.25, 0.3) is 0 Å². The number of benzene rings is 1. The van der Waals surface area contributed by atoms with Crippen LogP contribution in [0.5, 0.6) is 5.75 Å². The molecule has 116 valence electrons. The Morgan fingerprint density at radius 1 is 1.43 bits per heavy atom. The number of carbonyl (C=O) groups excluding carboxylic acids is 1. The highest BCUT2D eigenvalue weighted by Crippen LogP contribution is 2.23. The molecule has 0 spiro atoms. The predicted molar refractivity (Wildman–Crippen MR) is 84.8 cm³/mol. The molecule has 1 aromatic rings. The molecule has 0 unspecified atom stereocenters. The molecule has 2 amide bonds. The van der Waals surface area contributed by atoms with E-state index in [-0.39, 0.29) is 6.03 Å². The third kappa shape index (κ3) is 4.36. The number of anilines is 1. The normalized spacial score (nSPS) is 15.0. The number of nitrogens with one attached hydrogen (secondary N) is 1. The molecule has 1 saturated carbocycles. The molecule has 0 atom stereocenters. The molecule has 21 heavy (non-hydrogen) atoms. The zero-order chi connectivity index (χ0) is 15.1. The third-order valence-electron chi connectivity index (χ3n) is 3.88. The zero-order valence-electron chi connectivity index (χ0n) is 12.7. The molecule has 0 heterocycles. The van der Waals surface area contributed by atoms with Gasteiger partial charge < -0.3 is 15.8 Å². The molecule has 5 heteroatoms. The number of nitrogens with two attached hydrogens (primary N) is 1. The van der Waals surface area contributed by atoms with E-state index < -0.39 is 0 Å². The second-order valence-corrected chi connectivity index (χ2v) is 5.43. The highest BCUT2D eigenvalue weighted by Gasteiger charge is 2.21. The number of hydrogen-bond donors (Lipinski definition) is 2. The summed E-state index contributed by atoms with van der Waals surface area (Å²) < 4.78 is 5.24. The minimum Gasteiger partial charge on any atom is -0.497 e. The van der Waals surface area contributed by atoms with Crippen molar-refractivity contribution in [2.75, 3.05) is 25.1 Å². The molecule has 0 radical (unpaired) electrons. The summed E-state index contributed by atoms with van der Waals surface area (Å²) in [6.45, 7) is 1.18. The van der Waals surface area contributed by atoms with Gasteiger partial charge >= 0.3 is 6.03 Å². The molecule has 0 aliphatic heterocycles. The lowest BCUT2D eigenvalue weighted by atomic mass is 10.2. The van der Waals surface area contributed by atoms with Crippen LogP contribution < -0.4 is 20.7 Å². The molecule has 0 bridgehead atoms. The summed E-state index contributed by atoms with van der Waals surface area (Å²) in [6.07, 6.45) is 5.33. The second-order valence-electron chi connectivity index (χ2n) is 5.43. The number of hydrogen-bond acceptors (Lipinski definition) is 3. The monoisotopic (exact) mass is 291 g/mol. The first-order chi connectivity index (χ1) is 10.2. The maximum absolute atomic E-state index is 12.5.